The Morgan fingerprint density at radius 1 is 0.912 bits per heavy atom. The predicted octanol–water partition coefficient (Wildman–Crippen LogP) is 2.47. The van der Waals surface area contributed by atoms with Crippen molar-refractivity contribution in [2.24, 2.45) is 0 Å². The van der Waals surface area contributed by atoms with E-state index >= 15 is 0 Å². The van der Waals surface area contributed by atoms with Crippen molar-refractivity contribution >= 4 is 17.7 Å². The van der Waals surface area contributed by atoms with Gasteiger partial charge in [0, 0.05) is 52.3 Å². The Hall–Kier alpha value is -3.55. The van der Waals surface area contributed by atoms with Crippen LogP contribution in [0.1, 0.15) is 28.8 Å². The highest BCUT2D eigenvalue weighted by Crippen LogP contribution is 2.17. The SMILES string of the molecule is COc1ccc(CCC(=O)N2CCCN(C(=O)c3cccc(OCC(=O)N(C)C)c3)CC2)cc1. The molecular formula is C26H33N3O5. The van der Waals surface area contributed by atoms with Crippen molar-refractivity contribution in [1.82, 2.24) is 14.7 Å². The second kappa shape index (κ2) is 12.1. The van der Waals surface area contributed by atoms with Crippen LogP contribution in [-0.2, 0) is 16.0 Å². The standard InChI is InChI=1S/C26H33N3O5/c1-27(2)25(31)19-34-23-7-4-6-21(18-23)26(32)29-15-5-14-28(16-17-29)24(30)13-10-20-8-11-22(33-3)12-9-20/h4,6-9,11-12,18H,5,10,13-17,19H2,1-3H3. The van der Waals surface area contributed by atoms with Gasteiger partial charge in [-0.2, -0.15) is 0 Å². The minimum atomic E-state index is -0.152. The Balaban J connectivity index is 1.52. The molecule has 2 aromatic carbocycles. The van der Waals surface area contributed by atoms with Crippen molar-refractivity contribution in [3.63, 3.8) is 0 Å². The molecule has 8 nitrogen and oxygen atoms in total. The van der Waals surface area contributed by atoms with Crippen molar-refractivity contribution in [3.8, 4) is 11.5 Å². The predicted molar refractivity (Wildman–Crippen MR) is 129 cm³/mol. The molecule has 0 radical (unpaired) electrons. The van der Waals surface area contributed by atoms with Crippen LogP contribution in [0, 0.1) is 0 Å². The number of methoxy groups -OCH3 is 1. The lowest BCUT2D eigenvalue weighted by molar-refractivity contribution is -0.131. The zero-order valence-electron chi connectivity index (χ0n) is 20.2. The molecule has 1 saturated heterocycles. The van der Waals surface area contributed by atoms with Gasteiger partial charge in [-0.25, -0.2) is 0 Å². The van der Waals surface area contributed by atoms with Gasteiger partial charge in [0.05, 0.1) is 7.11 Å². The molecule has 0 aliphatic carbocycles. The molecule has 1 aliphatic rings. The lowest BCUT2D eigenvalue weighted by Gasteiger charge is -2.22. The van der Waals surface area contributed by atoms with Gasteiger partial charge in [0.1, 0.15) is 11.5 Å². The number of amides is 3. The van der Waals surface area contributed by atoms with E-state index in [1.807, 2.05) is 29.2 Å². The number of ether oxygens (including phenoxy) is 2. The first-order valence-electron chi connectivity index (χ1n) is 11.5. The van der Waals surface area contributed by atoms with Crippen LogP contribution < -0.4 is 9.47 Å². The van der Waals surface area contributed by atoms with Crippen LogP contribution in [-0.4, -0.2) is 86.4 Å². The van der Waals surface area contributed by atoms with E-state index in [4.69, 9.17) is 9.47 Å². The number of hydrogen-bond donors (Lipinski definition) is 0. The third-order valence-electron chi connectivity index (χ3n) is 5.86. The van der Waals surface area contributed by atoms with Crippen LogP contribution in [0.15, 0.2) is 48.5 Å². The Morgan fingerprint density at radius 2 is 1.62 bits per heavy atom. The summed E-state index contributed by atoms with van der Waals surface area (Å²) in [4.78, 5) is 42.7. The maximum absolute atomic E-state index is 13.1. The average molecular weight is 468 g/mol. The van der Waals surface area contributed by atoms with Crippen molar-refractivity contribution in [1.29, 1.82) is 0 Å². The molecule has 34 heavy (non-hydrogen) atoms. The summed E-state index contributed by atoms with van der Waals surface area (Å²) in [6.45, 7) is 2.15. The molecule has 1 heterocycles. The molecule has 0 N–H and O–H groups in total. The second-order valence-corrected chi connectivity index (χ2v) is 8.48. The molecule has 182 valence electrons. The molecule has 3 rings (SSSR count). The third kappa shape index (κ3) is 6.97. The molecule has 0 aromatic heterocycles. The third-order valence-corrected chi connectivity index (χ3v) is 5.86. The largest absolute Gasteiger partial charge is 0.497 e. The van der Waals surface area contributed by atoms with Crippen LogP contribution in [0.4, 0.5) is 0 Å². The van der Waals surface area contributed by atoms with Gasteiger partial charge in [-0.3, -0.25) is 14.4 Å². The van der Waals surface area contributed by atoms with Crippen molar-refractivity contribution < 1.29 is 23.9 Å². The molecule has 1 fully saturated rings. The molecule has 0 spiro atoms. The molecule has 3 amide bonds. The van der Waals surface area contributed by atoms with Crippen LogP contribution >= 0.6 is 0 Å². The number of benzene rings is 2. The summed E-state index contributed by atoms with van der Waals surface area (Å²) < 4.78 is 10.7. The second-order valence-electron chi connectivity index (χ2n) is 8.48. The van der Waals surface area contributed by atoms with Gasteiger partial charge in [-0.1, -0.05) is 18.2 Å². The Bertz CT molecular complexity index is 990. The number of likely N-dealkylation sites (N-methyl/N-ethyl adjacent to an activating group) is 1. The number of aryl methyl sites for hydroxylation is 1. The fourth-order valence-corrected chi connectivity index (χ4v) is 3.75. The van der Waals surface area contributed by atoms with E-state index in [9.17, 15) is 14.4 Å². The summed E-state index contributed by atoms with van der Waals surface area (Å²) in [6, 6.07) is 14.6. The average Bonchev–Trinajstić information content (AvgIpc) is 3.12. The van der Waals surface area contributed by atoms with Crippen molar-refractivity contribution in [2.45, 2.75) is 19.3 Å². The monoisotopic (exact) mass is 467 g/mol. The van der Waals surface area contributed by atoms with Crippen LogP contribution in [0.2, 0.25) is 0 Å². The van der Waals surface area contributed by atoms with E-state index in [-0.39, 0.29) is 24.3 Å². The maximum atomic E-state index is 13.1. The van der Waals surface area contributed by atoms with Crippen molar-refractivity contribution in [2.75, 3.05) is 54.0 Å². The van der Waals surface area contributed by atoms with Crippen LogP contribution in [0.25, 0.3) is 0 Å². The lowest BCUT2D eigenvalue weighted by atomic mass is 10.1. The summed E-state index contributed by atoms with van der Waals surface area (Å²) in [7, 11) is 4.96. The summed E-state index contributed by atoms with van der Waals surface area (Å²) in [5.41, 5.74) is 1.60. The van der Waals surface area contributed by atoms with Gasteiger partial charge in [0.2, 0.25) is 5.91 Å². The fraction of sp³-hybridized carbons (Fsp3) is 0.423. The minimum Gasteiger partial charge on any atom is -0.497 e. The Kier molecular flexibility index (Phi) is 8.90. The number of carbonyl (C=O) groups excluding carboxylic acids is 3. The zero-order chi connectivity index (χ0) is 24.5. The topological polar surface area (TPSA) is 79.4 Å². The smallest absolute Gasteiger partial charge is 0.259 e. The van der Waals surface area contributed by atoms with Gasteiger partial charge >= 0.3 is 0 Å². The molecule has 1 aliphatic heterocycles. The highest BCUT2D eigenvalue weighted by atomic mass is 16.5. The highest BCUT2D eigenvalue weighted by molar-refractivity contribution is 5.94. The zero-order valence-corrected chi connectivity index (χ0v) is 20.2. The van der Waals surface area contributed by atoms with E-state index in [1.54, 1.807) is 50.4 Å². The van der Waals surface area contributed by atoms with Gasteiger partial charge in [-0.15, -0.1) is 0 Å². The number of rotatable bonds is 8. The molecule has 0 bridgehead atoms. The van der Waals surface area contributed by atoms with E-state index in [0.717, 1.165) is 17.7 Å². The van der Waals surface area contributed by atoms with Gasteiger partial charge in [0.25, 0.3) is 11.8 Å². The Labute approximate surface area is 201 Å². The highest BCUT2D eigenvalue weighted by Gasteiger charge is 2.23. The van der Waals surface area contributed by atoms with Crippen LogP contribution in [0.3, 0.4) is 0 Å². The summed E-state index contributed by atoms with van der Waals surface area (Å²) in [5.74, 6) is 1.13. The number of nitrogens with zero attached hydrogens (tertiary/aromatic N) is 3. The molecule has 0 atom stereocenters. The maximum Gasteiger partial charge on any atom is 0.259 e. The number of hydrogen-bond acceptors (Lipinski definition) is 5. The van der Waals surface area contributed by atoms with Gasteiger partial charge < -0.3 is 24.2 Å². The lowest BCUT2D eigenvalue weighted by Crippen LogP contribution is -2.37. The molecule has 0 unspecified atom stereocenters. The van der Waals surface area contributed by atoms with Gasteiger partial charge in [0.15, 0.2) is 6.61 Å². The van der Waals surface area contributed by atoms with E-state index < -0.39 is 0 Å². The minimum absolute atomic E-state index is 0.0814. The molecule has 8 heteroatoms. The molecular weight excluding hydrogens is 434 g/mol. The summed E-state index contributed by atoms with van der Waals surface area (Å²) in [6.07, 6.45) is 1.84. The first kappa shape index (κ1) is 25.1. The first-order chi connectivity index (χ1) is 16.4. The van der Waals surface area contributed by atoms with E-state index in [0.29, 0.717) is 50.3 Å². The van der Waals surface area contributed by atoms with Crippen molar-refractivity contribution in [3.05, 3.63) is 59.7 Å². The number of carbonyl (C=O) groups is 3. The molecule has 0 saturated carbocycles. The van der Waals surface area contributed by atoms with E-state index in [1.165, 1.54) is 4.90 Å². The van der Waals surface area contributed by atoms with E-state index in [2.05, 4.69) is 0 Å². The summed E-state index contributed by atoms with van der Waals surface area (Å²) >= 11 is 0. The van der Waals surface area contributed by atoms with Gasteiger partial charge in [-0.05, 0) is 48.7 Å². The summed E-state index contributed by atoms with van der Waals surface area (Å²) in [5, 5.41) is 0. The van der Waals surface area contributed by atoms with Crippen LogP contribution in [0.5, 0.6) is 11.5 Å². The fourth-order valence-electron chi connectivity index (χ4n) is 3.75. The normalized spacial score (nSPS) is 13.7. The Morgan fingerprint density at radius 3 is 2.32 bits per heavy atom. The first-order valence-corrected chi connectivity index (χ1v) is 11.5. The quantitative estimate of drug-likeness (QED) is 0.596. The molecule has 2 aromatic rings.